The number of nitrogens with one attached hydrogen (secondary N) is 1. The van der Waals surface area contributed by atoms with Crippen molar-refractivity contribution >= 4 is 11.4 Å². The van der Waals surface area contributed by atoms with E-state index in [1.54, 1.807) is 13.2 Å². The quantitative estimate of drug-likeness (QED) is 0.703. The predicted octanol–water partition coefficient (Wildman–Crippen LogP) is 1.23. The predicted molar refractivity (Wildman–Crippen MR) is 70.9 cm³/mol. The Balaban J connectivity index is 1.97. The highest BCUT2D eigenvalue weighted by atomic mass is 16.5. The second-order valence-electron chi connectivity index (χ2n) is 4.65. The van der Waals surface area contributed by atoms with Crippen molar-refractivity contribution in [2.75, 3.05) is 37.9 Å². The molecule has 1 saturated heterocycles. The molecule has 0 unspecified atom stereocenters. The topological polar surface area (TPSA) is 76.7 Å². The molecule has 1 aliphatic rings. The Kier molecular flexibility index (Phi) is 3.93. The van der Waals surface area contributed by atoms with Crippen LogP contribution in [0, 0.1) is 0 Å². The second kappa shape index (κ2) is 5.46. The van der Waals surface area contributed by atoms with Crippen molar-refractivity contribution in [3.63, 3.8) is 0 Å². The molecule has 0 aromatic heterocycles. The lowest BCUT2D eigenvalue weighted by Gasteiger charge is -2.32. The van der Waals surface area contributed by atoms with Gasteiger partial charge in [-0.3, -0.25) is 0 Å². The first-order chi connectivity index (χ1) is 8.63. The minimum atomic E-state index is -0.688. The van der Waals surface area contributed by atoms with Crippen molar-refractivity contribution < 1.29 is 14.6 Å². The molecule has 0 atom stereocenters. The number of nitrogen functional groups attached to an aromatic ring is 1. The lowest BCUT2D eigenvalue weighted by Crippen LogP contribution is -2.42. The Morgan fingerprint density at radius 3 is 2.83 bits per heavy atom. The van der Waals surface area contributed by atoms with Gasteiger partial charge in [0.05, 0.1) is 18.4 Å². The van der Waals surface area contributed by atoms with Gasteiger partial charge in [0.1, 0.15) is 5.75 Å². The standard InChI is InChI=1S/C13H20N2O3/c1-17-12-8-10(2-3-11(12)14)15-9-13(16)4-6-18-7-5-13/h2-3,8,15-16H,4-7,9,14H2,1H3. The normalized spacial score (nSPS) is 18.3. The molecule has 100 valence electrons. The number of methoxy groups -OCH3 is 1. The molecule has 0 bridgehead atoms. The van der Waals surface area contributed by atoms with E-state index in [4.69, 9.17) is 15.2 Å². The van der Waals surface area contributed by atoms with Crippen molar-refractivity contribution in [2.24, 2.45) is 0 Å². The van der Waals surface area contributed by atoms with Gasteiger partial charge in [-0.2, -0.15) is 0 Å². The van der Waals surface area contributed by atoms with Gasteiger partial charge in [0.2, 0.25) is 0 Å². The van der Waals surface area contributed by atoms with Gasteiger partial charge < -0.3 is 25.6 Å². The van der Waals surface area contributed by atoms with Crippen molar-refractivity contribution in [2.45, 2.75) is 18.4 Å². The molecule has 0 aliphatic carbocycles. The maximum Gasteiger partial charge on any atom is 0.143 e. The minimum absolute atomic E-state index is 0.503. The zero-order chi connectivity index (χ0) is 13.0. The maximum atomic E-state index is 10.3. The number of ether oxygens (including phenoxy) is 2. The number of rotatable bonds is 4. The van der Waals surface area contributed by atoms with Gasteiger partial charge in [0.15, 0.2) is 0 Å². The van der Waals surface area contributed by atoms with E-state index in [1.807, 2.05) is 12.1 Å². The molecule has 18 heavy (non-hydrogen) atoms. The molecule has 1 aromatic rings. The van der Waals surface area contributed by atoms with E-state index in [0.29, 0.717) is 44.0 Å². The number of benzene rings is 1. The lowest BCUT2D eigenvalue weighted by molar-refractivity contribution is -0.0543. The summed E-state index contributed by atoms with van der Waals surface area (Å²) in [4.78, 5) is 0. The molecule has 0 spiro atoms. The van der Waals surface area contributed by atoms with Gasteiger partial charge in [-0.1, -0.05) is 0 Å². The van der Waals surface area contributed by atoms with E-state index in [-0.39, 0.29) is 0 Å². The molecule has 0 radical (unpaired) electrons. The molecule has 1 aliphatic heterocycles. The third-order valence-electron chi connectivity index (χ3n) is 3.28. The number of hydrogen-bond acceptors (Lipinski definition) is 5. The Morgan fingerprint density at radius 1 is 1.44 bits per heavy atom. The summed E-state index contributed by atoms with van der Waals surface area (Å²) < 4.78 is 10.4. The van der Waals surface area contributed by atoms with E-state index in [2.05, 4.69) is 5.32 Å². The molecule has 4 N–H and O–H groups in total. The molecule has 5 nitrogen and oxygen atoms in total. The first-order valence-electron chi connectivity index (χ1n) is 6.10. The van der Waals surface area contributed by atoms with Crippen LogP contribution in [0.5, 0.6) is 5.75 Å². The third kappa shape index (κ3) is 3.05. The SMILES string of the molecule is COc1cc(NCC2(O)CCOCC2)ccc1N. The fourth-order valence-corrected chi connectivity index (χ4v) is 2.02. The van der Waals surface area contributed by atoms with Crippen LogP contribution in [0.25, 0.3) is 0 Å². The van der Waals surface area contributed by atoms with Crippen molar-refractivity contribution in [3.8, 4) is 5.75 Å². The largest absolute Gasteiger partial charge is 0.495 e. The molecule has 1 heterocycles. The molecule has 0 amide bonds. The summed E-state index contributed by atoms with van der Waals surface area (Å²) in [6, 6.07) is 5.49. The van der Waals surface area contributed by atoms with Gasteiger partial charge in [-0.25, -0.2) is 0 Å². The molecular formula is C13H20N2O3. The Morgan fingerprint density at radius 2 is 2.17 bits per heavy atom. The van der Waals surface area contributed by atoms with Crippen LogP contribution >= 0.6 is 0 Å². The fraction of sp³-hybridized carbons (Fsp3) is 0.538. The minimum Gasteiger partial charge on any atom is -0.495 e. The molecule has 0 saturated carbocycles. The summed E-state index contributed by atoms with van der Waals surface area (Å²) in [5.41, 5.74) is 6.55. The van der Waals surface area contributed by atoms with Crippen LogP contribution in [0.15, 0.2) is 18.2 Å². The molecular weight excluding hydrogens is 232 g/mol. The zero-order valence-electron chi connectivity index (χ0n) is 10.6. The Labute approximate surface area is 107 Å². The number of anilines is 2. The van der Waals surface area contributed by atoms with Crippen LogP contribution in [-0.2, 0) is 4.74 Å². The lowest BCUT2D eigenvalue weighted by atomic mass is 9.94. The smallest absolute Gasteiger partial charge is 0.143 e. The summed E-state index contributed by atoms with van der Waals surface area (Å²) in [5.74, 6) is 0.638. The van der Waals surface area contributed by atoms with Crippen molar-refractivity contribution in [3.05, 3.63) is 18.2 Å². The van der Waals surface area contributed by atoms with E-state index >= 15 is 0 Å². The van der Waals surface area contributed by atoms with Gasteiger partial charge in [-0.05, 0) is 12.1 Å². The summed E-state index contributed by atoms with van der Waals surface area (Å²) in [7, 11) is 1.58. The average Bonchev–Trinajstić information content (AvgIpc) is 2.39. The highest BCUT2D eigenvalue weighted by molar-refractivity contribution is 5.61. The zero-order valence-corrected chi connectivity index (χ0v) is 10.6. The van der Waals surface area contributed by atoms with Crippen molar-refractivity contribution in [1.82, 2.24) is 0 Å². The highest BCUT2D eigenvalue weighted by Crippen LogP contribution is 2.26. The summed E-state index contributed by atoms with van der Waals surface area (Å²) >= 11 is 0. The second-order valence-corrected chi connectivity index (χ2v) is 4.65. The molecule has 1 aromatic carbocycles. The van der Waals surface area contributed by atoms with Crippen LogP contribution in [0.4, 0.5) is 11.4 Å². The summed E-state index contributed by atoms with van der Waals surface area (Å²) in [5, 5.41) is 13.5. The van der Waals surface area contributed by atoms with Gasteiger partial charge in [-0.15, -0.1) is 0 Å². The van der Waals surface area contributed by atoms with Gasteiger partial charge in [0.25, 0.3) is 0 Å². The van der Waals surface area contributed by atoms with E-state index < -0.39 is 5.60 Å². The van der Waals surface area contributed by atoms with Crippen LogP contribution < -0.4 is 15.8 Å². The van der Waals surface area contributed by atoms with Gasteiger partial charge in [0, 0.05) is 44.4 Å². The van der Waals surface area contributed by atoms with Crippen molar-refractivity contribution in [1.29, 1.82) is 0 Å². The Hall–Kier alpha value is -1.46. The Bertz CT molecular complexity index is 403. The fourth-order valence-electron chi connectivity index (χ4n) is 2.02. The average molecular weight is 252 g/mol. The van der Waals surface area contributed by atoms with Crippen LogP contribution in [0.1, 0.15) is 12.8 Å². The van der Waals surface area contributed by atoms with E-state index in [0.717, 1.165) is 5.69 Å². The molecule has 5 heteroatoms. The van der Waals surface area contributed by atoms with E-state index in [1.165, 1.54) is 0 Å². The van der Waals surface area contributed by atoms with Crippen LogP contribution in [0.3, 0.4) is 0 Å². The first kappa shape index (κ1) is 13.0. The number of hydrogen-bond donors (Lipinski definition) is 3. The number of aliphatic hydroxyl groups is 1. The third-order valence-corrected chi connectivity index (χ3v) is 3.28. The van der Waals surface area contributed by atoms with E-state index in [9.17, 15) is 5.11 Å². The monoisotopic (exact) mass is 252 g/mol. The molecule has 2 rings (SSSR count). The summed E-state index contributed by atoms with van der Waals surface area (Å²) in [6.45, 7) is 1.73. The highest BCUT2D eigenvalue weighted by Gasteiger charge is 2.29. The first-order valence-corrected chi connectivity index (χ1v) is 6.10. The summed E-state index contributed by atoms with van der Waals surface area (Å²) in [6.07, 6.45) is 1.32. The molecule has 1 fully saturated rings. The van der Waals surface area contributed by atoms with Crippen LogP contribution in [-0.4, -0.2) is 37.6 Å². The van der Waals surface area contributed by atoms with Gasteiger partial charge >= 0.3 is 0 Å². The number of nitrogens with two attached hydrogens (primary N) is 1. The van der Waals surface area contributed by atoms with Crippen LogP contribution in [0.2, 0.25) is 0 Å². The maximum absolute atomic E-state index is 10.3.